The van der Waals surface area contributed by atoms with Gasteiger partial charge in [-0.05, 0) is 25.1 Å². The highest BCUT2D eigenvalue weighted by Crippen LogP contribution is 2.11. The van der Waals surface area contributed by atoms with Crippen molar-refractivity contribution in [2.24, 2.45) is 0 Å². The van der Waals surface area contributed by atoms with E-state index < -0.39 is 6.03 Å². The molecule has 0 spiro atoms. The summed E-state index contributed by atoms with van der Waals surface area (Å²) in [5, 5.41) is 10.9. The number of benzene rings is 1. The van der Waals surface area contributed by atoms with Crippen molar-refractivity contribution >= 4 is 23.3 Å². The van der Waals surface area contributed by atoms with Crippen molar-refractivity contribution in [1.29, 1.82) is 0 Å². The van der Waals surface area contributed by atoms with Crippen LogP contribution in [-0.2, 0) is 0 Å². The Morgan fingerprint density at radius 3 is 2.60 bits per heavy atom. The zero-order valence-electron chi connectivity index (χ0n) is 10.6. The van der Waals surface area contributed by atoms with Crippen LogP contribution in [0.2, 0.25) is 0 Å². The third kappa shape index (κ3) is 3.52. The number of aromatic amines is 1. The van der Waals surface area contributed by atoms with Crippen LogP contribution in [0.15, 0.2) is 41.2 Å². The molecule has 1 aromatic carbocycles. The highest BCUT2D eigenvalue weighted by Gasteiger charge is 2.05. The predicted octanol–water partition coefficient (Wildman–Crippen LogP) is 1.62. The van der Waals surface area contributed by atoms with Crippen molar-refractivity contribution < 1.29 is 9.59 Å². The van der Waals surface area contributed by atoms with Gasteiger partial charge in [0, 0.05) is 17.3 Å². The summed E-state index contributed by atoms with van der Waals surface area (Å²) >= 11 is 0. The van der Waals surface area contributed by atoms with Gasteiger partial charge in [-0.25, -0.2) is 9.89 Å². The van der Waals surface area contributed by atoms with E-state index in [9.17, 15) is 14.4 Å². The summed E-state index contributed by atoms with van der Waals surface area (Å²) < 4.78 is 0. The summed E-state index contributed by atoms with van der Waals surface area (Å²) in [5.74, 6) is 0.126. The number of urea groups is 1. The van der Waals surface area contributed by atoms with Crippen molar-refractivity contribution in [3.05, 3.63) is 52.3 Å². The molecule has 1 heterocycles. The van der Waals surface area contributed by atoms with Gasteiger partial charge >= 0.3 is 6.03 Å². The lowest BCUT2D eigenvalue weighted by atomic mass is 10.1. The Morgan fingerprint density at radius 2 is 1.95 bits per heavy atom. The highest BCUT2D eigenvalue weighted by molar-refractivity contribution is 6.00. The number of aromatic nitrogens is 2. The number of hydrogen-bond acceptors (Lipinski definition) is 4. The van der Waals surface area contributed by atoms with E-state index in [0.717, 1.165) is 0 Å². The van der Waals surface area contributed by atoms with E-state index >= 15 is 0 Å². The first-order chi connectivity index (χ1) is 9.54. The fourth-order valence-corrected chi connectivity index (χ4v) is 1.51. The lowest BCUT2D eigenvalue weighted by Crippen LogP contribution is -2.21. The van der Waals surface area contributed by atoms with Gasteiger partial charge in [0.15, 0.2) is 11.6 Å². The van der Waals surface area contributed by atoms with E-state index in [4.69, 9.17) is 0 Å². The van der Waals surface area contributed by atoms with Gasteiger partial charge in [0.25, 0.3) is 5.56 Å². The molecular formula is C13H12N4O3. The van der Waals surface area contributed by atoms with Gasteiger partial charge in [0.2, 0.25) is 0 Å². The van der Waals surface area contributed by atoms with Crippen LogP contribution < -0.4 is 16.2 Å². The molecule has 1 aromatic heterocycles. The van der Waals surface area contributed by atoms with Gasteiger partial charge < -0.3 is 5.32 Å². The number of carbonyl (C=O) groups excluding carboxylic acids is 2. The summed E-state index contributed by atoms with van der Waals surface area (Å²) in [6, 6.07) is 8.67. The molecule has 102 valence electrons. The lowest BCUT2D eigenvalue weighted by Gasteiger charge is -2.07. The van der Waals surface area contributed by atoms with Crippen molar-refractivity contribution in [2.75, 3.05) is 10.6 Å². The molecule has 0 saturated carbocycles. The van der Waals surface area contributed by atoms with Gasteiger partial charge in [0.1, 0.15) is 0 Å². The Hall–Kier alpha value is -2.96. The molecule has 0 unspecified atom stereocenters. The molecule has 7 nitrogen and oxygen atoms in total. The molecule has 2 amide bonds. The SMILES string of the molecule is CC(=O)c1cccc(NC(=O)Nc2ccc(=O)[nH]n2)c1. The molecular weight excluding hydrogens is 260 g/mol. The van der Waals surface area contributed by atoms with Gasteiger partial charge in [0.05, 0.1) is 0 Å². The van der Waals surface area contributed by atoms with Gasteiger partial charge in [-0.2, -0.15) is 5.10 Å². The maximum Gasteiger partial charge on any atom is 0.324 e. The van der Waals surface area contributed by atoms with E-state index in [0.29, 0.717) is 11.3 Å². The second kappa shape index (κ2) is 5.79. The number of Topliss-reactive ketones (excluding diaryl/α,β-unsaturated/α-hetero) is 1. The monoisotopic (exact) mass is 272 g/mol. The Morgan fingerprint density at radius 1 is 1.15 bits per heavy atom. The third-order valence-corrected chi connectivity index (χ3v) is 2.45. The minimum absolute atomic E-state index is 0.0867. The number of nitrogens with one attached hydrogen (secondary N) is 3. The van der Waals surface area contributed by atoms with Crippen LogP contribution in [0.25, 0.3) is 0 Å². The van der Waals surface area contributed by atoms with Crippen LogP contribution in [0, 0.1) is 0 Å². The summed E-state index contributed by atoms with van der Waals surface area (Å²) in [5.41, 5.74) is 0.634. The highest BCUT2D eigenvalue weighted by atomic mass is 16.2. The number of rotatable bonds is 3. The van der Waals surface area contributed by atoms with Crippen LogP contribution in [0.3, 0.4) is 0 Å². The molecule has 3 N–H and O–H groups in total. The first-order valence-electron chi connectivity index (χ1n) is 5.79. The van der Waals surface area contributed by atoms with Crippen LogP contribution in [0.4, 0.5) is 16.3 Å². The summed E-state index contributed by atoms with van der Waals surface area (Å²) in [4.78, 5) is 33.8. The molecule has 0 aliphatic rings. The Labute approximate surface area is 114 Å². The minimum atomic E-state index is -0.523. The number of carbonyl (C=O) groups is 2. The van der Waals surface area contributed by atoms with Crippen LogP contribution in [0.1, 0.15) is 17.3 Å². The molecule has 2 rings (SSSR count). The topological polar surface area (TPSA) is 104 Å². The molecule has 7 heteroatoms. The quantitative estimate of drug-likeness (QED) is 0.738. The van der Waals surface area contributed by atoms with Crippen molar-refractivity contribution in [3.63, 3.8) is 0 Å². The smallest absolute Gasteiger partial charge is 0.308 e. The number of nitrogens with zero attached hydrogens (tertiary/aromatic N) is 1. The molecule has 20 heavy (non-hydrogen) atoms. The van der Waals surface area contributed by atoms with E-state index in [1.165, 1.54) is 19.1 Å². The van der Waals surface area contributed by atoms with Gasteiger partial charge in [-0.15, -0.1) is 0 Å². The Bertz CT molecular complexity index is 688. The largest absolute Gasteiger partial charge is 0.324 e. The summed E-state index contributed by atoms with van der Waals surface area (Å²) in [6.45, 7) is 1.45. The van der Waals surface area contributed by atoms with Gasteiger partial charge in [-0.1, -0.05) is 12.1 Å². The second-order valence-corrected chi connectivity index (χ2v) is 4.02. The second-order valence-electron chi connectivity index (χ2n) is 4.02. The fraction of sp³-hybridized carbons (Fsp3) is 0.0769. The zero-order valence-corrected chi connectivity index (χ0v) is 10.6. The fourth-order valence-electron chi connectivity index (χ4n) is 1.51. The number of anilines is 2. The minimum Gasteiger partial charge on any atom is -0.308 e. The van der Waals surface area contributed by atoms with Crippen molar-refractivity contribution in [3.8, 4) is 0 Å². The number of hydrogen-bond donors (Lipinski definition) is 3. The number of ketones is 1. The molecule has 0 saturated heterocycles. The molecule has 0 bridgehead atoms. The van der Waals surface area contributed by atoms with Gasteiger partial charge in [-0.3, -0.25) is 14.9 Å². The average molecular weight is 272 g/mol. The third-order valence-electron chi connectivity index (χ3n) is 2.45. The van der Waals surface area contributed by atoms with Crippen LogP contribution >= 0.6 is 0 Å². The van der Waals surface area contributed by atoms with E-state index in [2.05, 4.69) is 20.8 Å². The molecule has 0 aliphatic heterocycles. The standard InChI is InChI=1S/C13H12N4O3/c1-8(18)9-3-2-4-10(7-9)14-13(20)15-11-5-6-12(19)17-16-11/h2-7H,1H3,(H,17,19)(H2,14,15,16,20). The number of amides is 2. The molecule has 0 aliphatic carbocycles. The maximum atomic E-state index is 11.7. The molecule has 0 fully saturated rings. The molecule has 2 aromatic rings. The van der Waals surface area contributed by atoms with Crippen molar-refractivity contribution in [2.45, 2.75) is 6.92 Å². The van der Waals surface area contributed by atoms with E-state index in [-0.39, 0.29) is 17.2 Å². The Kier molecular flexibility index (Phi) is 3.90. The average Bonchev–Trinajstić information content (AvgIpc) is 2.41. The Balaban J connectivity index is 2.04. The van der Waals surface area contributed by atoms with E-state index in [1.54, 1.807) is 24.3 Å². The number of H-pyrrole nitrogens is 1. The van der Waals surface area contributed by atoms with Crippen molar-refractivity contribution in [1.82, 2.24) is 10.2 Å². The molecule has 0 atom stereocenters. The first kappa shape index (κ1) is 13.5. The zero-order chi connectivity index (χ0) is 14.5. The normalized spacial score (nSPS) is 9.85. The van der Waals surface area contributed by atoms with Crippen LogP contribution in [-0.4, -0.2) is 22.0 Å². The lowest BCUT2D eigenvalue weighted by molar-refractivity contribution is 0.101. The van der Waals surface area contributed by atoms with Crippen LogP contribution in [0.5, 0.6) is 0 Å². The molecule has 0 radical (unpaired) electrons. The summed E-state index contributed by atoms with van der Waals surface area (Å²) in [7, 11) is 0. The van der Waals surface area contributed by atoms with E-state index in [1.807, 2.05) is 0 Å². The maximum absolute atomic E-state index is 11.7. The first-order valence-corrected chi connectivity index (χ1v) is 5.79. The predicted molar refractivity (Wildman–Crippen MR) is 73.9 cm³/mol. The summed E-state index contributed by atoms with van der Waals surface area (Å²) in [6.07, 6.45) is 0.